The molecule has 0 aliphatic carbocycles. The van der Waals surface area contributed by atoms with Gasteiger partial charge >= 0.3 is 0 Å². The number of nitrogens with zero attached hydrogens (tertiary/aromatic N) is 3. The van der Waals surface area contributed by atoms with Gasteiger partial charge in [0, 0.05) is 12.7 Å². The molecule has 2 N–H and O–H groups in total. The van der Waals surface area contributed by atoms with Crippen LogP contribution in [0.1, 0.15) is 25.7 Å². The molecular weight excluding hydrogens is 188 g/mol. The monoisotopic (exact) mass is 208 g/mol. The van der Waals surface area contributed by atoms with Crippen LogP contribution in [0.2, 0.25) is 0 Å². The number of piperidine rings is 1. The summed E-state index contributed by atoms with van der Waals surface area (Å²) in [5, 5.41) is 4.17. The van der Waals surface area contributed by atoms with E-state index in [1.54, 1.807) is 6.20 Å². The number of anilines is 1. The van der Waals surface area contributed by atoms with Crippen LogP contribution in [0.25, 0.3) is 0 Å². The highest BCUT2D eigenvalue weighted by atomic mass is 15.3. The molecular formula is C11H20N4. The van der Waals surface area contributed by atoms with Gasteiger partial charge in [0.2, 0.25) is 0 Å². The molecule has 0 atom stereocenters. The number of likely N-dealkylation sites (tertiary alicyclic amines) is 1. The van der Waals surface area contributed by atoms with E-state index in [-0.39, 0.29) is 0 Å². The molecule has 0 radical (unpaired) electrons. The standard InChI is InChI=1S/C11H20N4/c12-11-9-13-15(10-11)8-4-7-14-5-2-1-3-6-14/h9-10H,1-8,12H2. The van der Waals surface area contributed by atoms with Crippen molar-refractivity contribution in [3.63, 3.8) is 0 Å². The second kappa shape index (κ2) is 5.16. The van der Waals surface area contributed by atoms with Gasteiger partial charge in [-0.1, -0.05) is 6.42 Å². The lowest BCUT2D eigenvalue weighted by Crippen LogP contribution is -2.31. The third-order valence-corrected chi connectivity index (χ3v) is 2.96. The van der Waals surface area contributed by atoms with Crippen molar-refractivity contribution in [2.75, 3.05) is 25.4 Å². The highest BCUT2D eigenvalue weighted by Gasteiger charge is 2.08. The second-order valence-electron chi connectivity index (χ2n) is 4.29. The average molecular weight is 208 g/mol. The zero-order valence-electron chi connectivity index (χ0n) is 9.23. The Morgan fingerprint density at radius 3 is 2.67 bits per heavy atom. The van der Waals surface area contributed by atoms with Crippen molar-refractivity contribution in [1.29, 1.82) is 0 Å². The summed E-state index contributed by atoms with van der Waals surface area (Å²) in [7, 11) is 0. The largest absolute Gasteiger partial charge is 0.396 e. The highest BCUT2D eigenvalue weighted by molar-refractivity contribution is 5.30. The van der Waals surface area contributed by atoms with Gasteiger partial charge in [-0.15, -0.1) is 0 Å². The Bertz CT molecular complexity index is 289. The van der Waals surface area contributed by atoms with Crippen molar-refractivity contribution in [2.24, 2.45) is 0 Å². The van der Waals surface area contributed by atoms with Gasteiger partial charge in [-0.2, -0.15) is 5.10 Å². The first-order valence-electron chi connectivity index (χ1n) is 5.85. The van der Waals surface area contributed by atoms with Crippen molar-refractivity contribution in [3.05, 3.63) is 12.4 Å². The maximum absolute atomic E-state index is 5.60. The van der Waals surface area contributed by atoms with Crippen LogP contribution in [-0.4, -0.2) is 34.3 Å². The summed E-state index contributed by atoms with van der Waals surface area (Å²) in [6.07, 6.45) is 8.92. The molecule has 4 heteroatoms. The van der Waals surface area contributed by atoms with Crippen molar-refractivity contribution < 1.29 is 0 Å². The van der Waals surface area contributed by atoms with E-state index < -0.39 is 0 Å². The fourth-order valence-electron chi connectivity index (χ4n) is 2.14. The molecule has 0 saturated carbocycles. The zero-order chi connectivity index (χ0) is 10.5. The highest BCUT2D eigenvalue weighted by Crippen LogP contribution is 2.09. The van der Waals surface area contributed by atoms with Crippen molar-refractivity contribution >= 4 is 5.69 Å². The molecule has 84 valence electrons. The molecule has 1 aliphatic heterocycles. The van der Waals surface area contributed by atoms with Crippen molar-refractivity contribution in [3.8, 4) is 0 Å². The Labute approximate surface area is 91.1 Å². The van der Waals surface area contributed by atoms with Gasteiger partial charge in [-0.05, 0) is 38.9 Å². The van der Waals surface area contributed by atoms with Crippen LogP contribution in [0.5, 0.6) is 0 Å². The third-order valence-electron chi connectivity index (χ3n) is 2.96. The van der Waals surface area contributed by atoms with E-state index in [0.717, 1.165) is 12.2 Å². The number of hydrogen-bond donors (Lipinski definition) is 1. The quantitative estimate of drug-likeness (QED) is 0.812. The predicted molar refractivity (Wildman–Crippen MR) is 61.5 cm³/mol. The van der Waals surface area contributed by atoms with Gasteiger partial charge in [0.05, 0.1) is 11.9 Å². The molecule has 1 saturated heterocycles. The zero-order valence-corrected chi connectivity index (χ0v) is 9.23. The summed E-state index contributed by atoms with van der Waals surface area (Å²) in [4.78, 5) is 2.55. The predicted octanol–water partition coefficient (Wildman–Crippen LogP) is 1.34. The summed E-state index contributed by atoms with van der Waals surface area (Å²) < 4.78 is 1.93. The summed E-state index contributed by atoms with van der Waals surface area (Å²) >= 11 is 0. The molecule has 0 unspecified atom stereocenters. The van der Waals surface area contributed by atoms with Gasteiger partial charge in [0.1, 0.15) is 0 Å². The summed E-state index contributed by atoms with van der Waals surface area (Å²) in [6.45, 7) is 4.73. The number of rotatable bonds is 4. The molecule has 2 heterocycles. The summed E-state index contributed by atoms with van der Waals surface area (Å²) in [5.41, 5.74) is 6.36. The molecule has 0 spiro atoms. The molecule has 0 aromatic carbocycles. The number of aryl methyl sites for hydroxylation is 1. The van der Waals surface area contributed by atoms with E-state index in [2.05, 4.69) is 10.00 Å². The van der Waals surface area contributed by atoms with E-state index >= 15 is 0 Å². The lowest BCUT2D eigenvalue weighted by atomic mass is 10.1. The first kappa shape index (κ1) is 10.5. The molecule has 2 rings (SSSR count). The van der Waals surface area contributed by atoms with Crippen molar-refractivity contribution in [1.82, 2.24) is 14.7 Å². The van der Waals surface area contributed by atoms with Gasteiger partial charge in [0.15, 0.2) is 0 Å². The molecule has 1 aromatic rings. The van der Waals surface area contributed by atoms with E-state index in [1.807, 2.05) is 10.9 Å². The fourth-order valence-corrected chi connectivity index (χ4v) is 2.14. The maximum atomic E-state index is 5.60. The minimum atomic E-state index is 0.757. The van der Waals surface area contributed by atoms with E-state index in [9.17, 15) is 0 Å². The van der Waals surface area contributed by atoms with Crippen LogP contribution in [0.3, 0.4) is 0 Å². The number of nitrogen functional groups attached to an aromatic ring is 1. The minimum Gasteiger partial charge on any atom is -0.396 e. The Kier molecular flexibility index (Phi) is 3.61. The first-order chi connectivity index (χ1) is 7.34. The van der Waals surface area contributed by atoms with E-state index in [0.29, 0.717) is 0 Å². The summed E-state index contributed by atoms with van der Waals surface area (Å²) in [5.74, 6) is 0. The Balaban J connectivity index is 1.65. The van der Waals surface area contributed by atoms with Gasteiger partial charge < -0.3 is 10.6 Å². The van der Waals surface area contributed by atoms with E-state index in [1.165, 1.54) is 45.3 Å². The normalized spacial score (nSPS) is 18.1. The molecule has 1 aliphatic rings. The van der Waals surface area contributed by atoms with Crippen LogP contribution >= 0.6 is 0 Å². The van der Waals surface area contributed by atoms with Gasteiger partial charge in [-0.3, -0.25) is 4.68 Å². The third kappa shape index (κ3) is 3.23. The topological polar surface area (TPSA) is 47.1 Å². The Morgan fingerprint density at radius 1 is 1.20 bits per heavy atom. The molecule has 15 heavy (non-hydrogen) atoms. The fraction of sp³-hybridized carbons (Fsp3) is 0.727. The second-order valence-corrected chi connectivity index (χ2v) is 4.29. The number of hydrogen-bond acceptors (Lipinski definition) is 3. The average Bonchev–Trinajstić information content (AvgIpc) is 2.66. The van der Waals surface area contributed by atoms with Crippen LogP contribution in [0.4, 0.5) is 5.69 Å². The number of aromatic nitrogens is 2. The Morgan fingerprint density at radius 2 is 2.00 bits per heavy atom. The van der Waals surface area contributed by atoms with Gasteiger partial charge in [0.25, 0.3) is 0 Å². The number of nitrogens with two attached hydrogens (primary N) is 1. The van der Waals surface area contributed by atoms with Crippen LogP contribution in [0.15, 0.2) is 12.4 Å². The maximum Gasteiger partial charge on any atom is 0.0719 e. The molecule has 0 bridgehead atoms. The summed E-state index contributed by atoms with van der Waals surface area (Å²) in [6, 6.07) is 0. The van der Waals surface area contributed by atoms with Crippen LogP contribution < -0.4 is 5.73 Å². The first-order valence-corrected chi connectivity index (χ1v) is 5.85. The smallest absolute Gasteiger partial charge is 0.0719 e. The Hall–Kier alpha value is -1.03. The lowest BCUT2D eigenvalue weighted by Gasteiger charge is -2.26. The van der Waals surface area contributed by atoms with Crippen molar-refractivity contribution in [2.45, 2.75) is 32.2 Å². The van der Waals surface area contributed by atoms with E-state index in [4.69, 9.17) is 5.73 Å². The lowest BCUT2D eigenvalue weighted by molar-refractivity contribution is 0.222. The molecule has 1 fully saturated rings. The van der Waals surface area contributed by atoms with Crippen LogP contribution in [0, 0.1) is 0 Å². The van der Waals surface area contributed by atoms with Crippen LogP contribution in [-0.2, 0) is 6.54 Å². The molecule has 4 nitrogen and oxygen atoms in total. The van der Waals surface area contributed by atoms with Gasteiger partial charge in [-0.25, -0.2) is 0 Å². The SMILES string of the molecule is Nc1cnn(CCCN2CCCCC2)c1. The minimum absolute atomic E-state index is 0.757. The molecule has 1 aromatic heterocycles. The molecule has 0 amide bonds.